The van der Waals surface area contributed by atoms with E-state index < -0.39 is 5.97 Å². The quantitative estimate of drug-likeness (QED) is 0.891. The number of carboxylic acids is 1. The minimum Gasteiger partial charge on any atom is -0.480 e. The lowest BCUT2D eigenvalue weighted by Gasteiger charge is -2.24. The Bertz CT molecular complexity index is 688. The molecule has 118 valence electrons. The zero-order valence-corrected chi connectivity index (χ0v) is 13.2. The van der Waals surface area contributed by atoms with Gasteiger partial charge in [-0.25, -0.2) is 0 Å². The Morgan fingerprint density at radius 2 is 1.95 bits per heavy atom. The highest BCUT2D eigenvalue weighted by molar-refractivity contribution is 5.85. The molecule has 2 rings (SSSR count). The summed E-state index contributed by atoms with van der Waals surface area (Å²) < 4.78 is 2.05. The second-order valence-corrected chi connectivity index (χ2v) is 5.79. The third kappa shape index (κ3) is 3.47. The highest BCUT2D eigenvalue weighted by atomic mass is 16.4. The molecule has 5 heteroatoms. The first kappa shape index (κ1) is 16.1. The molecule has 0 bridgehead atoms. The third-order valence-electron chi connectivity index (χ3n) is 3.84. The monoisotopic (exact) mass is 302 g/mol. The number of fused-ring (bicyclic) bond motifs is 1. The van der Waals surface area contributed by atoms with Gasteiger partial charge >= 0.3 is 5.97 Å². The molecule has 0 atom stereocenters. The van der Waals surface area contributed by atoms with Crippen LogP contribution in [0.2, 0.25) is 0 Å². The number of benzene rings is 1. The molecule has 0 spiro atoms. The van der Waals surface area contributed by atoms with Gasteiger partial charge < -0.3 is 14.6 Å². The summed E-state index contributed by atoms with van der Waals surface area (Å²) in [6, 6.07) is 7.96. The van der Waals surface area contributed by atoms with E-state index in [-0.39, 0.29) is 18.5 Å². The van der Waals surface area contributed by atoms with Crippen LogP contribution in [0.1, 0.15) is 25.8 Å². The van der Waals surface area contributed by atoms with Crippen molar-refractivity contribution in [3.05, 3.63) is 36.0 Å². The van der Waals surface area contributed by atoms with Gasteiger partial charge in [0.05, 0.1) is 0 Å². The minimum atomic E-state index is -0.979. The standard InChI is InChI=1S/C17H22N2O3/c1-12(2)19(11-17(21)22)16(20)9-8-13-10-18(3)15-7-5-4-6-14(13)15/h4-7,10,12H,8-9,11H2,1-3H3,(H,21,22). The van der Waals surface area contributed by atoms with Crippen molar-refractivity contribution in [2.24, 2.45) is 7.05 Å². The van der Waals surface area contributed by atoms with Crippen molar-refractivity contribution in [3.63, 3.8) is 0 Å². The number of carbonyl (C=O) groups excluding carboxylic acids is 1. The van der Waals surface area contributed by atoms with E-state index in [1.165, 1.54) is 4.90 Å². The molecule has 1 aromatic heterocycles. The summed E-state index contributed by atoms with van der Waals surface area (Å²) in [5.41, 5.74) is 2.25. The van der Waals surface area contributed by atoms with Crippen LogP contribution in [0.5, 0.6) is 0 Å². The number of aryl methyl sites for hydroxylation is 2. The fourth-order valence-corrected chi connectivity index (χ4v) is 2.71. The van der Waals surface area contributed by atoms with Gasteiger partial charge in [-0.3, -0.25) is 9.59 Å². The Labute approximate surface area is 130 Å². The molecular weight excluding hydrogens is 280 g/mol. The first-order valence-electron chi connectivity index (χ1n) is 7.44. The molecule has 1 heterocycles. The van der Waals surface area contributed by atoms with Crippen molar-refractivity contribution < 1.29 is 14.7 Å². The van der Waals surface area contributed by atoms with Gasteiger partial charge in [-0.2, -0.15) is 0 Å². The predicted molar refractivity (Wildman–Crippen MR) is 85.7 cm³/mol. The molecular formula is C17H22N2O3. The van der Waals surface area contributed by atoms with E-state index >= 15 is 0 Å². The Hall–Kier alpha value is -2.30. The molecule has 0 radical (unpaired) electrons. The van der Waals surface area contributed by atoms with E-state index in [2.05, 4.69) is 0 Å². The number of para-hydroxylation sites is 1. The van der Waals surface area contributed by atoms with Crippen LogP contribution in [0.4, 0.5) is 0 Å². The Kier molecular flexibility index (Phi) is 4.85. The first-order valence-corrected chi connectivity index (χ1v) is 7.44. The fraction of sp³-hybridized carbons (Fsp3) is 0.412. The molecule has 5 nitrogen and oxygen atoms in total. The summed E-state index contributed by atoms with van der Waals surface area (Å²) in [6.07, 6.45) is 2.97. The van der Waals surface area contributed by atoms with E-state index in [1.807, 2.05) is 55.9 Å². The van der Waals surface area contributed by atoms with Crippen molar-refractivity contribution in [2.75, 3.05) is 6.54 Å². The summed E-state index contributed by atoms with van der Waals surface area (Å²) in [6.45, 7) is 3.42. The van der Waals surface area contributed by atoms with Gasteiger partial charge in [0, 0.05) is 36.6 Å². The molecule has 0 aliphatic rings. The summed E-state index contributed by atoms with van der Waals surface area (Å²) in [7, 11) is 1.98. The summed E-state index contributed by atoms with van der Waals surface area (Å²) in [4.78, 5) is 24.6. The van der Waals surface area contributed by atoms with Gasteiger partial charge in [-0.15, -0.1) is 0 Å². The highest BCUT2D eigenvalue weighted by Gasteiger charge is 2.20. The van der Waals surface area contributed by atoms with Crippen molar-refractivity contribution in [1.29, 1.82) is 0 Å². The average Bonchev–Trinajstić information content (AvgIpc) is 2.79. The number of carbonyl (C=O) groups is 2. The topological polar surface area (TPSA) is 62.5 Å². The number of rotatable bonds is 6. The van der Waals surface area contributed by atoms with Crippen molar-refractivity contribution in [2.45, 2.75) is 32.7 Å². The van der Waals surface area contributed by atoms with E-state index in [0.29, 0.717) is 12.8 Å². The SMILES string of the molecule is CC(C)N(CC(=O)O)C(=O)CCc1cn(C)c2ccccc12. The summed E-state index contributed by atoms with van der Waals surface area (Å²) in [5, 5.41) is 10.1. The maximum atomic E-state index is 12.3. The first-order chi connectivity index (χ1) is 10.4. The molecule has 0 unspecified atom stereocenters. The van der Waals surface area contributed by atoms with Crippen molar-refractivity contribution >= 4 is 22.8 Å². The lowest BCUT2D eigenvalue weighted by molar-refractivity contribution is -0.145. The van der Waals surface area contributed by atoms with Gasteiger partial charge in [-0.05, 0) is 31.9 Å². The fourth-order valence-electron chi connectivity index (χ4n) is 2.71. The van der Waals surface area contributed by atoms with Crippen LogP contribution in [0.3, 0.4) is 0 Å². The average molecular weight is 302 g/mol. The van der Waals surface area contributed by atoms with Crippen LogP contribution in [-0.2, 0) is 23.1 Å². The second-order valence-electron chi connectivity index (χ2n) is 5.79. The number of amides is 1. The van der Waals surface area contributed by atoms with Gasteiger partial charge in [0.15, 0.2) is 0 Å². The number of aromatic nitrogens is 1. The smallest absolute Gasteiger partial charge is 0.323 e. The molecule has 0 aliphatic heterocycles. The van der Waals surface area contributed by atoms with Crippen LogP contribution in [-0.4, -0.2) is 39.0 Å². The Morgan fingerprint density at radius 1 is 1.27 bits per heavy atom. The van der Waals surface area contributed by atoms with Gasteiger partial charge in [0.1, 0.15) is 6.54 Å². The van der Waals surface area contributed by atoms with E-state index in [9.17, 15) is 9.59 Å². The molecule has 0 saturated carbocycles. The number of carboxylic acid groups (broad SMARTS) is 1. The maximum absolute atomic E-state index is 12.3. The molecule has 0 fully saturated rings. The largest absolute Gasteiger partial charge is 0.480 e. The van der Waals surface area contributed by atoms with Gasteiger partial charge in [-0.1, -0.05) is 18.2 Å². The third-order valence-corrected chi connectivity index (χ3v) is 3.84. The number of aliphatic carboxylic acids is 1. The van der Waals surface area contributed by atoms with Crippen molar-refractivity contribution in [1.82, 2.24) is 9.47 Å². The maximum Gasteiger partial charge on any atom is 0.323 e. The molecule has 0 saturated heterocycles. The lowest BCUT2D eigenvalue weighted by atomic mass is 10.1. The van der Waals surface area contributed by atoms with Crippen LogP contribution >= 0.6 is 0 Å². The van der Waals surface area contributed by atoms with E-state index in [0.717, 1.165) is 16.5 Å². The lowest BCUT2D eigenvalue weighted by Crippen LogP contribution is -2.40. The second kappa shape index (κ2) is 6.64. The van der Waals surface area contributed by atoms with E-state index in [4.69, 9.17) is 5.11 Å². The normalized spacial score (nSPS) is 11.1. The Balaban J connectivity index is 2.10. The van der Waals surface area contributed by atoms with Crippen LogP contribution < -0.4 is 0 Å². The summed E-state index contributed by atoms with van der Waals surface area (Å²) in [5.74, 6) is -1.10. The zero-order chi connectivity index (χ0) is 16.3. The van der Waals surface area contributed by atoms with Gasteiger partial charge in [0.2, 0.25) is 5.91 Å². The number of hydrogen-bond acceptors (Lipinski definition) is 2. The highest BCUT2D eigenvalue weighted by Crippen LogP contribution is 2.21. The number of nitrogens with zero attached hydrogens (tertiary/aromatic N) is 2. The molecule has 22 heavy (non-hydrogen) atoms. The molecule has 1 amide bonds. The number of hydrogen-bond donors (Lipinski definition) is 1. The van der Waals surface area contributed by atoms with Crippen LogP contribution in [0.25, 0.3) is 10.9 Å². The Morgan fingerprint density at radius 3 is 2.59 bits per heavy atom. The van der Waals surface area contributed by atoms with Crippen LogP contribution in [0.15, 0.2) is 30.5 Å². The van der Waals surface area contributed by atoms with E-state index in [1.54, 1.807) is 0 Å². The molecule has 1 aromatic carbocycles. The molecule has 2 aromatic rings. The molecule has 0 aliphatic carbocycles. The minimum absolute atomic E-state index is 0.115. The van der Waals surface area contributed by atoms with Crippen LogP contribution in [0, 0.1) is 0 Å². The summed E-state index contributed by atoms with van der Waals surface area (Å²) >= 11 is 0. The zero-order valence-electron chi connectivity index (χ0n) is 13.2. The van der Waals surface area contributed by atoms with Crippen molar-refractivity contribution in [3.8, 4) is 0 Å². The van der Waals surface area contributed by atoms with Gasteiger partial charge in [0.25, 0.3) is 0 Å². The predicted octanol–water partition coefficient (Wildman–Crippen LogP) is 2.43. The molecule has 1 N–H and O–H groups in total.